The average Bonchev–Trinajstić information content (AvgIpc) is 2.94. The van der Waals surface area contributed by atoms with Gasteiger partial charge < -0.3 is 15.5 Å². The van der Waals surface area contributed by atoms with Crippen molar-refractivity contribution in [1.29, 1.82) is 0 Å². The van der Waals surface area contributed by atoms with Crippen molar-refractivity contribution in [3.63, 3.8) is 0 Å². The number of hydrogen-bond acceptors (Lipinski definition) is 3. The van der Waals surface area contributed by atoms with Crippen molar-refractivity contribution in [3.05, 3.63) is 0 Å². The van der Waals surface area contributed by atoms with Crippen molar-refractivity contribution < 1.29 is 19.8 Å². The van der Waals surface area contributed by atoms with Crippen molar-refractivity contribution in [2.75, 3.05) is 6.54 Å². The molecule has 1 rings (SSSR count). The molecule has 1 saturated carbocycles. The standard InChI is InChI=1S/C11H19NO4/c1-7(8-3-4-8)10(15)12-6-11(2,16)5-9(13)14/h7-8,16H,3-6H2,1-2H3,(H,12,15)(H,13,14). The first-order valence-corrected chi connectivity index (χ1v) is 5.54. The molecule has 0 spiro atoms. The summed E-state index contributed by atoms with van der Waals surface area (Å²) in [5.41, 5.74) is -1.38. The third kappa shape index (κ3) is 4.18. The molecule has 0 aromatic heterocycles. The number of carboxylic acid groups (broad SMARTS) is 1. The Balaban J connectivity index is 2.31. The number of carbonyl (C=O) groups is 2. The molecule has 0 bridgehead atoms. The maximum atomic E-state index is 11.6. The lowest BCUT2D eigenvalue weighted by Gasteiger charge is -2.22. The summed E-state index contributed by atoms with van der Waals surface area (Å²) >= 11 is 0. The Bertz CT molecular complexity index is 284. The normalized spacial score (nSPS) is 20.9. The van der Waals surface area contributed by atoms with E-state index in [2.05, 4.69) is 5.32 Å². The van der Waals surface area contributed by atoms with Gasteiger partial charge in [0.1, 0.15) is 0 Å². The largest absolute Gasteiger partial charge is 0.481 e. The van der Waals surface area contributed by atoms with Gasteiger partial charge in [0.25, 0.3) is 0 Å². The second-order valence-electron chi connectivity index (χ2n) is 4.91. The van der Waals surface area contributed by atoms with Crippen LogP contribution in [0, 0.1) is 11.8 Å². The topological polar surface area (TPSA) is 86.6 Å². The Labute approximate surface area is 94.8 Å². The summed E-state index contributed by atoms with van der Waals surface area (Å²) in [4.78, 5) is 22.0. The molecule has 2 atom stereocenters. The zero-order chi connectivity index (χ0) is 12.3. The number of carbonyl (C=O) groups excluding carboxylic acids is 1. The molecule has 5 nitrogen and oxygen atoms in total. The van der Waals surface area contributed by atoms with Gasteiger partial charge in [-0.3, -0.25) is 9.59 Å². The zero-order valence-electron chi connectivity index (χ0n) is 9.69. The molecule has 0 aliphatic heterocycles. The van der Waals surface area contributed by atoms with Gasteiger partial charge in [-0.2, -0.15) is 0 Å². The van der Waals surface area contributed by atoms with Crippen LogP contribution in [0.3, 0.4) is 0 Å². The van der Waals surface area contributed by atoms with Crippen molar-refractivity contribution in [1.82, 2.24) is 5.32 Å². The Morgan fingerprint density at radius 2 is 2.06 bits per heavy atom. The van der Waals surface area contributed by atoms with Crippen molar-refractivity contribution in [2.45, 2.75) is 38.7 Å². The highest BCUT2D eigenvalue weighted by atomic mass is 16.4. The van der Waals surface area contributed by atoms with Crippen LogP contribution in [-0.4, -0.2) is 34.2 Å². The van der Waals surface area contributed by atoms with Crippen LogP contribution in [0.15, 0.2) is 0 Å². The highest BCUT2D eigenvalue weighted by molar-refractivity contribution is 5.79. The molecule has 0 aromatic carbocycles. The van der Waals surface area contributed by atoms with E-state index in [1.54, 1.807) is 0 Å². The predicted octanol–water partition coefficient (Wildman–Crippen LogP) is 0.374. The fraction of sp³-hybridized carbons (Fsp3) is 0.818. The molecule has 0 radical (unpaired) electrons. The van der Waals surface area contributed by atoms with Crippen LogP contribution in [0.2, 0.25) is 0 Å². The predicted molar refractivity (Wildman–Crippen MR) is 57.8 cm³/mol. The van der Waals surface area contributed by atoms with Crippen LogP contribution in [-0.2, 0) is 9.59 Å². The summed E-state index contributed by atoms with van der Waals surface area (Å²) in [7, 11) is 0. The fourth-order valence-electron chi connectivity index (χ4n) is 1.64. The quantitative estimate of drug-likeness (QED) is 0.614. The molecule has 16 heavy (non-hydrogen) atoms. The first kappa shape index (κ1) is 13.0. The Morgan fingerprint density at radius 1 is 1.50 bits per heavy atom. The van der Waals surface area contributed by atoms with Crippen molar-refractivity contribution in [3.8, 4) is 0 Å². The van der Waals surface area contributed by atoms with Crippen LogP contribution in [0.4, 0.5) is 0 Å². The molecule has 0 aromatic rings. The molecule has 1 aliphatic rings. The zero-order valence-corrected chi connectivity index (χ0v) is 9.69. The van der Waals surface area contributed by atoms with Crippen LogP contribution < -0.4 is 5.32 Å². The van der Waals surface area contributed by atoms with E-state index in [0.717, 1.165) is 12.8 Å². The SMILES string of the molecule is CC(C(=O)NCC(C)(O)CC(=O)O)C1CC1. The summed E-state index contributed by atoms with van der Waals surface area (Å²) in [5.74, 6) is -0.757. The maximum Gasteiger partial charge on any atom is 0.306 e. The summed E-state index contributed by atoms with van der Waals surface area (Å²) < 4.78 is 0. The van der Waals surface area contributed by atoms with E-state index in [1.807, 2.05) is 6.92 Å². The molecule has 1 amide bonds. The first-order valence-electron chi connectivity index (χ1n) is 5.54. The molecular formula is C11H19NO4. The third-order valence-electron chi connectivity index (χ3n) is 2.92. The molecule has 92 valence electrons. The van der Waals surface area contributed by atoms with Crippen LogP contribution in [0.25, 0.3) is 0 Å². The fourth-order valence-corrected chi connectivity index (χ4v) is 1.64. The Morgan fingerprint density at radius 3 is 2.50 bits per heavy atom. The second-order valence-corrected chi connectivity index (χ2v) is 4.91. The number of aliphatic carboxylic acids is 1. The van der Waals surface area contributed by atoms with Gasteiger partial charge in [0.15, 0.2) is 0 Å². The van der Waals surface area contributed by atoms with Gasteiger partial charge in [0.2, 0.25) is 5.91 Å². The monoisotopic (exact) mass is 229 g/mol. The maximum absolute atomic E-state index is 11.6. The molecule has 3 N–H and O–H groups in total. The molecule has 0 heterocycles. The average molecular weight is 229 g/mol. The van der Waals surface area contributed by atoms with Gasteiger partial charge in [-0.15, -0.1) is 0 Å². The van der Waals surface area contributed by atoms with E-state index in [4.69, 9.17) is 5.11 Å². The molecule has 0 saturated heterocycles. The molecule has 5 heteroatoms. The van der Waals surface area contributed by atoms with Crippen LogP contribution in [0.1, 0.15) is 33.1 Å². The van der Waals surface area contributed by atoms with E-state index >= 15 is 0 Å². The second kappa shape index (κ2) is 4.82. The first-order chi connectivity index (χ1) is 7.32. The number of rotatable bonds is 6. The molecule has 2 unspecified atom stereocenters. The van der Waals surface area contributed by atoms with Crippen LogP contribution in [0.5, 0.6) is 0 Å². The summed E-state index contributed by atoms with van der Waals surface area (Å²) in [5, 5.41) is 20.8. The smallest absolute Gasteiger partial charge is 0.306 e. The number of amides is 1. The van der Waals surface area contributed by atoms with Gasteiger partial charge in [0.05, 0.1) is 12.0 Å². The number of hydrogen-bond donors (Lipinski definition) is 3. The highest BCUT2D eigenvalue weighted by Crippen LogP contribution is 2.36. The van der Waals surface area contributed by atoms with Gasteiger partial charge in [0, 0.05) is 12.5 Å². The number of nitrogens with one attached hydrogen (secondary N) is 1. The number of aliphatic hydroxyl groups is 1. The summed E-state index contributed by atoms with van der Waals surface area (Å²) in [6, 6.07) is 0. The van der Waals surface area contributed by atoms with E-state index in [1.165, 1.54) is 6.92 Å². The molecule has 1 aliphatic carbocycles. The van der Waals surface area contributed by atoms with E-state index < -0.39 is 11.6 Å². The van der Waals surface area contributed by atoms with Gasteiger partial charge in [-0.1, -0.05) is 6.92 Å². The molecule has 1 fully saturated rings. The van der Waals surface area contributed by atoms with E-state index in [9.17, 15) is 14.7 Å². The van der Waals surface area contributed by atoms with Crippen LogP contribution >= 0.6 is 0 Å². The highest BCUT2D eigenvalue weighted by Gasteiger charge is 2.33. The minimum atomic E-state index is -1.38. The number of carboxylic acids is 1. The summed E-state index contributed by atoms with van der Waals surface area (Å²) in [6.07, 6.45) is 1.80. The molecular weight excluding hydrogens is 210 g/mol. The minimum Gasteiger partial charge on any atom is -0.481 e. The van der Waals surface area contributed by atoms with Crippen molar-refractivity contribution in [2.24, 2.45) is 11.8 Å². The van der Waals surface area contributed by atoms with Gasteiger partial charge >= 0.3 is 5.97 Å². The van der Waals surface area contributed by atoms with Gasteiger partial charge in [-0.05, 0) is 25.7 Å². The Kier molecular flexibility index (Phi) is 3.91. The summed E-state index contributed by atoms with van der Waals surface area (Å²) in [6.45, 7) is 3.25. The lowest BCUT2D eigenvalue weighted by molar-refractivity contribution is -0.142. The Hall–Kier alpha value is -1.10. The minimum absolute atomic E-state index is 0.0187. The van der Waals surface area contributed by atoms with E-state index in [0.29, 0.717) is 5.92 Å². The van der Waals surface area contributed by atoms with Crippen molar-refractivity contribution >= 4 is 11.9 Å². The lowest BCUT2D eigenvalue weighted by atomic mass is 10.0. The van der Waals surface area contributed by atoms with Gasteiger partial charge in [-0.25, -0.2) is 0 Å². The van der Waals surface area contributed by atoms with E-state index in [-0.39, 0.29) is 24.8 Å². The lowest BCUT2D eigenvalue weighted by Crippen LogP contribution is -2.43. The third-order valence-corrected chi connectivity index (χ3v) is 2.92.